The topological polar surface area (TPSA) is 84.1 Å². The van der Waals surface area contributed by atoms with Crippen LogP contribution in [-0.4, -0.2) is 21.9 Å². The summed E-state index contributed by atoms with van der Waals surface area (Å²) in [6, 6.07) is 18.9. The van der Waals surface area contributed by atoms with Crippen molar-refractivity contribution in [2.45, 2.75) is 46.4 Å². The van der Waals surface area contributed by atoms with Crippen molar-refractivity contribution < 1.29 is 18.7 Å². The number of hydrogen-bond donors (Lipinski definition) is 1. The molecule has 38 heavy (non-hydrogen) atoms. The van der Waals surface area contributed by atoms with Crippen LogP contribution in [0.5, 0.6) is 0 Å². The van der Waals surface area contributed by atoms with Crippen molar-refractivity contribution in [3.05, 3.63) is 117 Å². The van der Waals surface area contributed by atoms with Crippen LogP contribution >= 0.6 is 11.8 Å². The maximum absolute atomic E-state index is 13.6. The Labute approximate surface area is 226 Å². The van der Waals surface area contributed by atoms with E-state index in [4.69, 9.17) is 14.1 Å². The lowest BCUT2D eigenvalue weighted by atomic mass is 9.90. The average Bonchev–Trinajstić information content (AvgIpc) is 3.56. The number of carbonyl (C=O) groups excluding carboxylic acids is 2. The zero-order chi connectivity index (χ0) is 26.6. The van der Waals surface area contributed by atoms with E-state index in [1.807, 2.05) is 79.6 Å². The lowest BCUT2D eigenvalue weighted by Gasteiger charge is -2.37. The van der Waals surface area contributed by atoms with Crippen LogP contribution in [0.15, 0.2) is 98.7 Å². The van der Waals surface area contributed by atoms with E-state index in [9.17, 15) is 9.59 Å². The Bertz CT molecular complexity index is 1440. The third-order valence-corrected chi connectivity index (χ3v) is 7.42. The van der Waals surface area contributed by atoms with Gasteiger partial charge < -0.3 is 19.4 Å². The van der Waals surface area contributed by atoms with Crippen LogP contribution in [0, 0.1) is 13.8 Å². The zero-order valence-corrected chi connectivity index (χ0v) is 22.4. The van der Waals surface area contributed by atoms with Crippen LogP contribution in [-0.2, 0) is 27.5 Å². The molecular weight excluding hydrogens is 498 g/mol. The first-order valence-electron chi connectivity index (χ1n) is 12.4. The van der Waals surface area contributed by atoms with E-state index in [0.29, 0.717) is 23.6 Å². The van der Waals surface area contributed by atoms with E-state index in [2.05, 4.69) is 11.4 Å². The molecule has 2 aliphatic rings. The normalized spacial score (nSPS) is 16.6. The van der Waals surface area contributed by atoms with Gasteiger partial charge in [-0.15, -0.1) is 0 Å². The monoisotopic (exact) mass is 527 g/mol. The Morgan fingerprint density at radius 2 is 1.89 bits per heavy atom. The molecule has 2 aliphatic heterocycles. The lowest BCUT2D eigenvalue weighted by molar-refractivity contribution is -0.141. The minimum Gasteiger partial charge on any atom is -0.467 e. The first-order chi connectivity index (χ1) is 18.4. The third kappa shape index (κ3) is 5.45. The minimum absolute atomic E-state index is 0.138. The van der Waals surface area contributed by atoms with Gasteiger partial charge in [-0.3, -0.25) is 4.79 Å². The van der Waals surface area contributed by atoms with Gasteiger partial charge in [-0.1, -0.05) is 65.9 Å². The summed E-state index contributed by atoms with van der Waals surface area (Å²) < 4.78 is 11.1. The van der Waals surface area contributed by atoms with Crippen molar-refractivity contribution in [2.75, 3.05) is 0 Å². The number of rotatable bonds is 8. The molecule has 0 radical (unpaired) electrons. The van der Waals surface area contributed by atoms with Crippen LogP contribution in [0.25, 0.3) is 0 Å². The average molecular weight is 528 g/mol. The molecule has 0 saturated heterocycles. The number of aryl methyl sites for hydroxylation is 2. The van der Waals surface area contributed by atoms with Crippen molar-refractivity contribution in [2.24, 2.45) is 4.99 Å². The molecule has 0 unspecified atom stereocenters. The number of hydrogen-bond acceptors (Lipinski definition) is 7. The molecule has 1 amide bonds. The number of esters is 1. The Morgan fingerprint density at radius 1 is 1.08 bits per heavy atom. The molecule has 194 valence electrons. The van der Waals surface area contributed by atoms with Crippen molar-refractivity contribution >= 4 is 28.8 Å². The highest BCUT2D eigenvalue weighted by molar-refractivity contribution is 8.16. The number of nitrogens with one attached hydrogen (secondary N) is 1. The molecule has 3 heterocycles. The molecule has 2 aromatic carbocycles. The predicted octanol–water partition coefficient (Wildman–Crippen LogP) is 5.92. The number of thioether (sulfide) groups is 1. The maximum atomic E-state index is 13.6. The number of fused-ring (bicyclic) bond motifs is 1. The summed E-state index contributed by atoms with van der Waals surface area (Å²) >= 11 is 1.46. The number of benzene rings is 2. The standard InChI is InChI=1S/C30H29N3O4S/c1-19-11-12-25(20(2)14-19)28-27(29(35)37-17-22-8-5-4-6-9-22)21(3)32-30-33(28)23(18-38-30)15-26(34)31-16-24-10-7-13-36-24/h4-14,18,28H,15-17H2,1-3H3,(H,31,34)/t28-/m0/s1. The Hall–Kier alpha value is -4.04. The highest BCUT2D eigenvalue weighted by Gasteiger charge is 2.41. The van der Waals surface area contributed by atoms with Crippen LogP contribution in [0.4, 0.5) is 0 Å². The molecule has 0 bridgehead atoms. The predicted molar refractivity (Wildman–Crippen MR) is 148 cm³/mol. The van der Waals surface area contributed by atoms with Gasteiger partial charge >= 0.3 is 5.97 Å². The summed E-state index contributed by atoms with van der Waals surface area (Å²) in [5.74, 6) is 0.120. The number of amidine groups is 1. The van der Waals surface area contributed by atoms with E-state index in [0.717, 1.165) is 33.1 Å². The Kier molecular flexibility index (Phi) is 7.51. The van der Waals surface area contributed by atoms with E-state index >= 15 is 0 Å². The van der Waals surface area contributed by atoms with Gasteiger partial charge in [0.25, 0.3) is 0 Å². The smallest absolute Gasteiger partial charge is 0.338 e. The summed E-state index contributed by atoms with van der Waals surface area (Å²) in [5, 5.41) is 5.58. The van der Waals surface area contributed by atoms with Crippen LogP contribution in [0.3, 0.4) is 0 Å². The summed E-state index contributed by atoms with van der Waals surface area (Å²) in [6.45, 7) is 6.40. The lowest BCUT2D eigenvalue weighted by Crippen LogP contribution is -2.38. The fourth-order valence-corrected chi connectivity index (χ4v) is 5.65. The highest BCUT2D eigenvalue weighted by atomic mass is 32.2. The minimum atomic E-state index is -0.467. The number of allylic oxidation sites excluding steroid dienone is 1. The Morgan fingerprint density at radius 3 is 2.63 bits per heavy atom. The molecule has 1 N–H and O–H groups in total. The first-order valence-corrected chi connectivity index (χ1v) is 13.3. The summed E-state index contributed by atoms with van der Waals surface area (Å²) in [5.41, 5.74) is 5.93. The van der Waals surface area contributed by atoms with Crippen molar-refractivity contribution in [1.29, 1.82) is 0 Å². The molecule has 1 aromatic heterocycles. The molecule has 1 atom stereocenters. The molecule has 7 nitrogen and oxygen atoms in total. The van der Waals surface area contributed by atoms with E-state index in [1.165, 1.54) is 11.8 Å². The van der Waals surface area contributed by atoms with E-state index < -0.39 is 12.0 Å². The second-order valence-electron chi connectivity index (χ2n) is 9.35. The van der Waals surface area contributed by atoms with Gasteiger partial charge in [0, 0.05) is 5.70 Å². The fraction of sp³-hybridized carbons (Fsp3) is 0.233. The number of ether oxygens (including phenoxy) is 1. The SMILES string of the molecule is CC1=C(C(=O)OCc2ccccc2)[C@H](c2ccc(C)cc2C)N2C(CC(=O)NCc3ccco3)=CSC2=N1. The number of nitrogens with zero attached hydrogens (tertiary/aromatic N) is 2. The maximum Gasteiger partial charge on any atom is 0.338 e. The highest BCUT2D eigenvalue weighted by Crippen LogP contribution is 2.45. The molecule has 0 fully saturated rings. The van der Waals surface area contributed by atoms with Gasteiger partial charge in [-0.2, -0.15) is 0 Å². The largest absolute Gasteiger partial charge is 0.467 e. The Balaban J connectivity index is 1.44. The summed E-state index contributed by atoms with van der Waals surface area (Å²) in [7, 11) is 0. The second-order valence-corrected chi connectivity index (χ2v) is 10.2. The zero-order valence-electron chi connectivity index (χ0n) is 21.6. The van der Waals surface area contributed by atoms with Crippen molar-refractivity contribution in [3.63, 3.8) is 0 Å². The van der Waals surface area contributed by atoms with Gasteiger partial charge in [0.2, 0.25) is 5.91 Å². The van der Waals surface area contributed by atoms with Crippen molar-refractivity contribution in [1.82, 2.24) is 10.2 Å². The molecule has 8 heteroatoms. The fourth-order valence-electron chi connectivity index (χ4n) is 4.68. The molecule has 0 aliphatic carbocycles. The van der Waals surface area contributed by atoms with Crippen LogP contribution in [0.2, 0.25) is 0 Å². The van der Waals surface area contributed by atoms with Gasteiger partial charge in [-0.05, 0) is 55.0 Å². The summed E-state index contributed by atoms with van der Waals surface area (Å²) in [4.78, 5) is 33.2. The van der Waals surface area contributed by atoms with Gasteiger partial charge in [-0.25, -0.2) is 9.79 Å². The quantitative estimate of drug-likeness (QED) is 0.366. The van der Waals surface area contributed by atoms with Gasteiger partial charge in [0.05, 0.1) is 36.5 Å². The molecule has 0 spiro atoms. The number of amides is 1. The van der Waals surface area contributed by atoms with Gasteiger partial charge in [0.15, 0.2) is 5.17 Å². The molecule has 3 aromatic rings. The van der Waals surface area contributed by atoms with E-state index in [1.54, 1.807) is 12.3 Å². The first kappa shape index (κ1) is 25.6. The van der Waals surface area contributed by atoms with Crippen molar-refractivity contribution in [3.8, 4) is 0 Å². The molecule has 5 rings (SSSR count). The molecular formula is C30H29N3O4S. The molecule has 0 saturated carbocycles. The van der Waals surface area contributed by atoms with Gasteiger partial charge in [0.1, 0.15) is 12.4 Å². The van der Waals surface area contributed by atoms with Crippen LogP contribution in [0.1, 0.15) is 47.4 Å². The number of carbonyl (C=O) groups is 2. The third-order valence-electron chi connectivity index (χ3n) is 6.53. The number of aliphatic imine (C=N–C) groups is 1. The summed E-state index contributed by atoms with van der Waals surface area (Å²) in [6.07, 6.45) is 1.72. The number of furan rings is 1. The van der Waals surface area contributed by atoms with E-state index in [-0.39, 0.29) is 18.9 Å². The van der Waals surface area contributed by atoms with Crippen LogP contribution < -0.4 is 5.32 Å². The second kappa shape index (κ2) is 11.1.